The average molecular weight is 247 g/mol. The number of amides is 1. The number of pyridine rings is 1. The first-order chi connectivity index (χ1) is 8.66. The summed E-state index contributed by atoms with van der Waals surface area (Å²) in [6, 6.07) is 3.42. The number of hydrogen-bond acceptors (Lipinski definition) is 5. The summed E-state index contributed by atoms with van der Waals surface area (Å²) in [5.41, 5.74) is 0.493. The summed E-state index contributed by atoms with van der Waals surface area (Å²) in [5.74, 6) is 0.115. The van der Waals surface area contributed by atoms with Gasteiger partial charge in [0.2, 0.25) is 11.7 Å². The van der Waals surface area contributed by atoms with Gasteiger partial charge in [0.25, 0.3) is 5.91 Å². The van der Waals surface area contributed by atoms with Crippen LogP contribution in [0.1, 0.15) is 24.5 Å². The van der Waals surface area contributed by atoms with Gasteiger partial charge in [-0.25, -0.2) is 9.97 Å². The zero-order valence-corrected chi connectivity index (χ0v) is 10.0. The van der Waals surface area contributed by atoms with Gasteiger partial charge < -0.3 is 10.1 Å². The zero-order chi connectivity index (χ0) is 13.0. The SMILES string of the molecule is CC(C)Oc1ncccc1NC(=O)c1ncn[nH]1. The van der Waals surface area contributed by atoms with Gasteiger partial charge in [-0.1, -0.05) is 0 Å². The second-order valence-electron chi connectivity index (χ2n) is 3.81. The van der Waals surface area contributed by atoms with E-state index in [9.17, 15) is 4.79 Å². The standard InChI is InChI=1S/C11H13N5O2/c1-7(2)18-11-8(4-3-5-12-11)15-10(17)9-13-6-14-16-9/h3-7H,1-2H3,(H,15,17)(H,13,14,16). The molecule has 2 N–H and O–H groups in total. The molecule has 0 aromatic carbocycles. The number of rotatable bonds is 4. The first kappa shape index (κ1) is 12.0. The summed E-state index contributed by atoms with van der Waals surface area (Å²) in [6.07, 6.45) is 2.84. The minimum Gasteiger partial charge on any atom is -0.473 e. The van der Waals surface area contributed by atoms with Gasteiger partial charge in [-0.05, 0) is 26.0 Å². The van der Waals surface area contributed by atoms with Gasteiger partial charge in [0.05, 0.1) is 6.10 Å². The Morgan fingerprint density at radius 1 is 1.44 bits per heavy atom. The lowest BCUT2D eigenvalue weighted by atomic mass is 10.3. The number of nitrogens with zero attached hydrogens (tertiary/aromatic N) is 3. The highest BCUT2D eigenvalue weighted by Crippen LogP contribution is 2.21. The Bertz CT molecular complexity index is 524. The largest absolute Gasteiger partial charge is 0.473 e. The van der Waals surface area contributed by atoms with E-state index in [0.717, 1.165) is 0 Å². The molecule has 0 unspecified atom stereocenters. The third-order valence-electron chi connectivity index (χ3n) is 2.00. The Morgan fingerprint density at radius 3 is 2.94 bits per heavy atom. The van der Waals surface area contributed by atoms with Crippen molar-refractivity contribution in [1.29, 1.82) is 0 Å². The van der Waals surface area contributed by atoms with Crippen molar-refractivity contribution in [2.24, 2.45) is 0 Å². The van der Waals surface area contributed by atoms with E-state index in [1.807, 2.05) is 13.8 Å². The Kier molecular flexibility index (Phi) is 3.52. The van der Waals surface area contributed by atoms with Gasteiger partial charge in [0.1, 0.15) is 12.0 Å². The van der Waals surface area contributed by atoms with Crippen LogP contribution in [0.2, 0.25) is 0 Å². The minimum atomic E-state index is -0.394. The zero-order valence-electron chi connectivity index (χ0n) is 10.0. The van der Waals surface area contributed by atoms with Gasteiger partial charge in [-0.15, -0.1) is 0 Å². The Morgan fingerprint density at radius 2 is 2.28 bits per heavy atom. The fraction of sp³-hybridized carbons (Fsp3) is 0.273. The second kappa shape index (κ2) is 5.26. The lowest BCUT2D eigenvalue weighted by molar-refractivity contribution is 0.101. The maximum Gasteiger partial charge on any atom is 0.293 e. The fourth-order valence-corrected chi connectivity index (χ4v) is 1.30. The van der Waals surface area contributed by atoms with Crippen LogP contribution < -0.4 is 10.1 Å². The Hall–Kier alpha value is -2.44. The smallest absolute Gasteiger partial charge is 0.293 e. The molecule has 0 bridgehead atoms. The van der Waals surface area contributed by atoms with Gasteiger partial charge in [-0.3, -0.25) is 9.89 Å². The quantitative estimate of drug-likeness (QED) is 0.847. The summed E-state index contributed by atoms with van der Waals surface area (Å²) < 4.78 is 5.49. The molecular weight excluding hydrogens is 234 g/mol. The normalized spacial score (nSPS) is 10.4. The fourth-order valence-electron chi connectivity index (χ4n) is 1.30. The maximum atomic E-state index is 11.8. The van der Waals surface area contributed by atoms with Crippen LogP contribution in [0.4, 0.5) is 5.69 Å². The van der Waals surface area contributed by atoms with Gasteiger partial charge >= 0.3 is 0 Å². The predicted molar refractivity (Wildman–Crippen MR) is 64.3 cm³/mol. The predicted octanol–water partition coefficient (Wildman–Crippen LogP) is 1.24. The molecule has 7 heteroatoms. The Balaban J connectivity index is 2.16. The summed E-state index contributed by atoms with van der Waals surface area (Å²) in [7, 11) is 0. The molecule has 0 atom stereocenters. The molecule has 0 spiro atoms. The van der Waals surface area contributed by atoms with Crippen LogP contribution in [-0.2, 0) is 0 Å². The number of aromatic amines is 1. The minimum absolute atomic E-state index is 0.0270. The molecule has 2 aromatic rings. The number of anilines is 1. The first-order valence-corrected chi connectivity index (χ1v) is 5.45. The van der Waals surface area contributed by atoms with Crippen LogP contribution in [0.5, 0.6) is 5.88 Å². The van der Waals surface area contributed by atoms with Crippen LogP contribution in [0.15, 0.2) is 24.7 Å². The maximum absolute atomic E-state index is 11.8. The number of carbonyl (C=O) groups excluding carboxylic acids is 1. The summed E-state index contributed by atoms with van der Waals surface area (Å²) in [6.45, 7) is 3.77. The molecule has 2 rings (SSSR count). The lowest BCUT2D eigenvalue weighted by Gasteiger charge is -2.12. The molecule has 0 saturated carbocycles. The molecule has 0 saturated heterocycles. The van der Waals surface area contributed by atoms with E-state index in [1.165, 1.54) is 6.33 Å². The van der Waals surface area contributed by atoms with E-state index in [4.69, 9.17) is 4.74 Å². The number of carbonyl (C=O) groups is 1. The molecular formula is C11H13N5O2. The molecule has 0 aliphatic heterocycles. The number of H-pyrrole nitrogens is 1. The van der Waals surface area contributed by atoms with Crippen molar-refractivity contribution in [3.8, 4) is 5.88 Å². The molecule has 1 amide bonds. The number of nitrogens with one attached hydrogen (secondary N) is 2. The van der Waals surface area contributed by atoms with Gasteiger partial charge in [0.15, 0.2) is 0 Å². The van der Waals surface area contributed by atoms with E-state index in [1.54, 1.807) is 18.3 Å². The third kappa shape index (κ3) is 2.82. The van der Waals surface area contributed by atoms with Gasteiger partial charge in [0, 0.05) is 6.20 Å². The molecule has 0 radical (unpaired) electrons. The third-order valence-corrected chi connectivity index (χ3v) is 2.00. The van der Waals surface area contributed by atoms with Crippen molar-refractivity contribution in [2.75, 3.05) is 5.32 Å². The topological polar surface area (TPSA) is 92.8 Å². The first-order valence-electron chi connectivity index (χ1n) is 5.45. The van der Waals surface area contributed by atoms with Crippen LogP contribution >= 0.6 is 0 Å². The average Bonchev–Trinajstić information content (AvgIpc) is 2.84. The van der Waals surface area contributed by atoms with Crippen molar-refractivity contribution in [3.05, 3.63) is 30.5 Å². The molecule has 2 heterocycles. The highest BCUT2D eigenvalue weighted by molar-refractivity contribution is 6.02. The van der Waals surface area contributed by atoms with Crippen molar-refractivity contribution >= 4 is 11.6 Å². The second-order valence-corrected chi connectivity index (χ2v) is 3.81. The summed E-state index contributed by atoms with van der Waals surface area (Å²) in [5, 5.41) is 8.75. The molecule has 0 fully saturated rings. The molecule has 0 aliphatic rings. The van der Waals surface area contributed by atoms with Crippen molar-refractivity contribution in [3.63, 3.8) is 0 Å². The van der Waals surface area contributed by atoms with E-state index in [-0.39, 0.29) is 11.9 Å². The van der Waals surface area contributed by atoms with E-state index >= 15 is 0 Å². The molecule has 7 nitrogen and oxygen atoms in total. The van der Waals surface area contributed by atoms with E-state index in [2.05, 4.69) is 25.5 Å². The van der Waals surface area contributed by atoms with E-state index in [0.29, 0.717) is 11.6 Å². The van der Waals surface area contributed by atoms with Crippen LogP contribution in [-0.4, -0.2) is 32.2 Å². The number of hydrogen-bond donors (Lipinski definition) is 2. The summed E-state index contributed by atoms with van der Waals surface area (Å²) >= 11 is 0. The van der Waals surface area contributed by atoms with Crippen LogP contribution in [0.3, 0.4) is 0 Å². The van der Waals surface area contributed by atoms with Crippen molar-refractivity contribution in [2.45, 2.75) is 20.0 Å². The van der Waals surface area contributed by atoms with Crippen molar-refractivity contribution < 1.29 is 9.53 Å². The highest BCUT2D eigenvalue weighted by Gasteiger charge is 2.13. The van der Waals surface area contributed by atoms with Crippen LogP contribution in [0, 0.1) is 0 Å². The molecule has 94 valence electrons. The molecule has 18 heavy (non-hydrogen) atoms. The van der Waals surface area contributed by atoms with Crippen LogP contribution in [0.25, 0.3) is 0 Å². The van der Waals surface area contributed by atoms with Crippen molar-refractivity contribution in [1.82, 2.24) is 20.2 Å². The highest BCUT2D eigenvalue weighted by atomic mass is 16.5. The number of ether oxygens (including phenoxy) is 1. The molecule has 0 aliphatic carbocycles. The van der Waals surface area contributed by atoms with Gasteiger partial charge in [-0.2, -0.15) is 5.10 Å². The molecule has 2 aromatic heterocycles. The Labute approximate surface area is 104 Å². The lowest BCUT2D eigenvalue weighted by Crippen LogP contribution is -2.16. The number of aromatic nitrogens is 4. The monoisotopic (exact) mass is 247 g/mol. The summed E-state index contributed by atoms with van der Waals surface area (Å²) in [4.78, 5) is 19.6. The van der Waals surface area contributed by atoms with E-state index < -0.39 is 5.91 Å².